The van der Waals surface area contributed by atoms with Crippen LogP contribution in [0.3, 0.4) is 0 Å². The molecule has 0 rings (SSSR count). The van der Waals surface area contributed by atoms with Gasteiger partial charge in [0.05, 0.1) is 13.2 Å². The van der Waals surface area contributed by atoms with E-state index in [1.807, 2.05) is 13.8 Å². The minimum atomic E-state index is -0.569. The SMILES string of the molecule is CCOC(OC)OCCCCCCCCCC(=O)OC(=O)CCCCCCCCCOC(OC)OCC. The number of carbonyl (C=O) groups excluding carboxylic acids is 2. The Hall–Kier alpha value is -1.10. The predicted molar refractivity (Wildman–Crippen MR) is 142 cm³/mol. The van der Waals surface area contributed by atoms with Crippen molar-refractivity contribution >= 4 is 11.9 Å². The molecule has 0 aliphatic carbocycles. The maximum absolute atomic E-state index is 11.8. The lowest BCUT2D eigenvalue weighted by Gasteiger charge is -2.15. The maximum Gasteiger partial charge on any atom is 0.313 e. The lowest BCUT2D eigenvalue weighted by Crippen LogP contribution is -2.19. The summed E-state index contributed by atoms with van der Waals surface area (Å²) in [6, 6.07) is 0. The molecule has 0 heterocycles. The number of ether oxygens (including phenoxy) is 7. The standard InChI is InChI=1S/C28H54O9/c1-5-33-27(31-3)35-23-19-15-11-7-9-13-17-21-25(29)37-26(30)22-18-14-10-8-12-16-20-24-36-28(32-4)34-6-2/h27-28H,5-24H2,1-4H3. The molecule has 0 aromatic heterocycles. The summed E-state index contributed by atoms with van der Waals surface area (Å²) in [6.07, 6.45) is 14.9. The van der Waals surface area contributed by atoms with E-state index in [1.54, 1.807) is 14.2 Å². The summed E-state index contributed by atoms with van der Waals surface area (Å²) in [4.78, 5) is 23.7. The van der Waals surface area contributed by atoms with Gasteiger partial charge in [0.15, 0.2) is 0 Å². The highest BCUT2D eigenvalue weighted by molar-refractivity contribution is 5.85. The number of rotatable bonds is 28. The number of hydrogen-bond acceptors (Lipinski definition) is 9. The monoisotopic (exact) mass is 534 g/mol. The molecule has 2 unspecified atom stereocenters. The van der Waals surface area contributed by atoms with Crippen molar-refractivity contribution in [1.82, 2.24) is 0 Å². The first-order chi connectivity index (χ1) is 18.1. The van der Waals surface area contributed by atoms with Crippen LogP contribution in [0.5, 0.6) is 0 Å². The van der Waals surface area contributed by atoms with E-state index >= 15 is 0 Å². The van der Waals surface area contributed by atoms with Crippen molar-refractivity contribution in [1.29, 1.82) is 0 Å². The average Bonchev–Trinajstić information content (AvgIpc) is 2.89. The molecule has 0 N–H and O–H groups in total. The van der Waals surface area contributed by atoms with Crippen LogP contribution in [0.4, 0.5) is 0 Å². The van der Waals surface area contributed by atoms with Crippen molar-refractivity contribution in [2.24, 2.45) is 0 Å². The third kappa shape index (κ3) is 25.0. The molecule has 0 aliphatic heterocycles. The van der Waals surface area contributed by atoms with Crippen LogP contribution in [0.25, 0.3) is 0 Å². The van der Waals surface area contributed by atoms with Gasteiger partial charge in [0.25, 0.3) is 13.0 Å². The largest absolute Gasteiger partial charge is 0.393 e. The van der Waals surface area contributed by atoms with Crippen LogP contribution in [-0.2, 0) is 42.7 Å². The summed E-state index contributed by atoms with van der Waals surface area (Å²) in [6.45, 7) is 5.04. The molecule has 0 saturated heterocycles. The smallest absolute Gasteiger partial charge is 0.313 e. The number of carbonyl (C=O) groups is 2. The fraction of sp³-hybridized carbons (Fsp3) is 0.929. The quantitative estimate of drug-likeness (QED) is 0.0498. The van der Waals surface area contributed by atoms with Gasteiger partial charge >= 0.3 is 11.9 Å². The average molecular weight is 535 g/mol. The Morgan fingerprint density at radius 3 is 1.14 bits per heavy atom. The molecular weight excluding hydrogens is 480 g/mol. The zero-order valence-electron chi connectivity index (χ0n) is 24.0. The molecule has 0 saturated carbocycles. The lowest BCUT2D eigenvalue weighted by atomic mass is 10.1. The van der Waals surface area contributed by atoms with E-state index in [0.29, 0.717) is 39.3 Å². The van der Waals surface area contributed by atoms with E-state index in [9.17, 15) is 9.59 Å². The Balaban J connectivity index is 3.43. The molecular formula is C28H54O9. The van der Waals surface area contributed by atoms with Crippen molar-refractivity contribution in [3.63, 3.8) is 0 Å². The van der Waals surface area contributed by atoms with Crippen LogP contribution < -0.4 is 0 Å². The van der Waals surface area contributed by atoms with Crippen molar-refractivity contribution in [2.75, 3.05) is 40.6 Å². The summed E-state index contributed by atoms with van der Waals surface area (Å²) in [5.41, 5.74) is 0. The highest BCUT2D eigenvalue weighted by Crippen LogP contribution is 2.12. The molecule has 37 heavy (non-hydrogen) atoms. The van der Waals surface area contributed by atoms with E-state index in [4.69, 9.17) is 33.2 Å². The molecule has 0 fully saturated rings. The molecule has 0 aromatic rings. The third-order valence-electron chi connectivity index (χ3n) is 5.78. The second-order valence-electron chi connectivity index (χ2n) is 9.00. The van der Waals surface area contributed by atoms with Crippen LogP contribution in [0.1, 0.15) is 117 Å². The van der Waals surface area contributed by atoms with Gasteiger partial charge in [-0.25, -0.2) is 0 Å². The van der Waals surface area contributed by atoms with Crippen molar-refractivity contribution in [3.05, 3.63) is 0 Å². The Kier molecular flexibility index (Phi) is 27.1. The van der Waals surface area contributed by atoms with Crippen molar-refractivity contribution in [3.8, 4) is 0 Å². The van der Waals surface area contributed by atoms with Crippen LogP contribution in [-0.4, -0.2) is 65.5 Å². The fourth-order valence-corrected chi connectivity index (χ4v) is 3.74. The summed E-state index contributed by atoms with van der Waals surface area (Å²) < 4.78 is 36.5. The van der Waals surface area contributed by atoms with Crippen molar-refractivity contribution in [2.45, 2.75) is 130 Å². The van der Waals surface area contributed by atoms with Crippen LogP contribution in [0.2, 0.25) is 0 Å². The molecule has 0 bridgehead atoms. The fourth-order valence-electron chi connectivity index (χ4n) is 3.74. The van der Waals surface area contributed by atoms with Crippen LogP contribution in [0, 0.1) is 0 Å². The van der Waals surface area contributed by atoms with E-state index in [-0.39, 0.29) is 0 Å². The van der Waals surface area contributed by atoms with Gasteiger partial charge in [0.2, 0.25) is 0 Å². The van der Waals surface area contributed by atoms with Gasteiger partial charge < -0.3 is 33.2 Å². The minimum Gasteiger partial charge on any atom is -0.393 e. The number of esters is 2. The van der Waals surface area contributed by atoms with E-state index in [2.05, 4.69) is 0 Å². The minimum absolute atomic E-state index is 0.314. The molecule has 0 spiro atoms. The Labute approximate surface area is 225 Å². The molecule has 0 radical (unpaired) electrons. The number of methoxy groups -OCH3 is 2. The van der Waals surface area contributed by atoms with E-state index in [0.717, 1.165) is 89.9 Å². The number of unbranched alkanes of at least 4 members (excludes halogenated alkanes) is 12. The molecule has 0 aromatic carbocycles. The molecule has 0 aliphatic rings. The summed E-state index contributed by atoms with van der Waals surface area (Å²) in [5, 5.41) is 0. The van der Waals surface area contributed by atoms with Crippen LogP contribution in [0.15, 0.2) is 0 Å². The molecule has 9 nitrogen and oxygen atoms in total. The second kappa shape index (κ2) is 27.9. The highest BCUT2D eigenvalue weighted by atomic mass is 16.8. The molecule has 9 heteroatoms. The van der Waals surface area contributed by atoms with Gasteiger partial charge in [-0.3, -0.25) is 9.59 Å². The Bertz CT molecular complexity index is 472. The highest BCUT2D eigenvalue weighted by Gasteiger charge is 2.10. The normalized spacial score (nSPS) is 13.0. The zero-order chi connectivity index (χ0) is 27.4. The Morgan fingerprint density at radius 2 is 0.811 bits per heavy atom. The van der Waals surface area contributed by atoms with E-state index < -0.39 is 24.9 Å². The second-order valence-corrected chi connectivity index (χ2v) is 9.00. The van der Waals surface area contributed by atoms with Gasteiger partial charge in [-0.1, -0.05) is 64.2 Å². The van der Waals surface area contributed by atoms with Crippen molar-refractivity contribution < 1.29 is 42.7 Å². The van der Waals surface area contributed by atoms with Crippen LogP contribution >= 0.6 is 0 Å². The first kappa shape index (κ1) is 35.9. The first-order valence-electron chi connectivity index (χ1n) is 14.3. The Morgan fingerprint density at radius 1 is 0.486 bits per heavy atom. The van der Waals surface area contributed by atoms with Gasteiger partial charge in [-0.05, 0) is 39.5 Å². The lowest BCUT2D eigenvalue weighted by molar-refractivity contribution is -0.275. The van der Waals surface area contributed by atoms with E-state index in [1.165, 1.54) is 0 Å². The summed E-state index contributed by atoms with van der Waals surface area (Å²) in [7, 11) is 3.14. The molecule has 0 amide bonds. The molecule has 220 valence electrons. The van der Waals surface area contributed by atoms with Gasteiger partial charge in [0.1, 0.15) is 0 Å². The number of hydrogen-bond donors (Lipinski definition) is 0. The predicted octanol–water partition coefficient (Wildman–Crippen LogP) is 6.26. The maximum atomic E-state index is 11.8. The van der Waals surface area contributed by atoms with Gasteiger partial charge in [-0.15, -0.1) is 0 Å². The first-order valence-corrected chi connectivity index (χ1v) is 14.3. The van der Waals surface area contributed by atoms with Gasteiger partial charge in [0, 0.05) is 40.3 Å². The topological polar surface area (TPSA) is 98.8 Å². The van der Waals surface area contributed by atoms with Gasteiger partial charge in [-0.2, -0.15) is 0 Å². The summed E-state index contributed by atoms with van der Waals surface area (Å²) in [5.74, 6) is -0.794. The zero-order valence-corrected chi connectivity index (χ0v) is 24.0. The molecule has 2 atom stereocenters. The third-order valence-corrected chi connectivity index (χ3v) is 5.78. The summed E-state index contributed by atoms with van der Waals surface area (Å²) >= 11 is 0.